The number of hydrogen-bond acceptors (Lipinski definition) is 12. The molecule has 0 aliphatic heterocycles. The van der Waals surface area contributed by atoms with Crippen molar-refractivity contribution < 1.29 is 52.4 Å². The highest BCUT2D eigenvalue weighted by Gasteiger charge is 2.25. The molecule has 0 heterocycles. The summed E-state index contributed by atoms with van der Waals surface area (Å²) in [4.78, 5) is 0. The fourth-order valence-electron chi connectivity index (χ4n) is 0.705. The SMILES string of the molecule is O=S([O-])CC(O)OS(=O)(=O)OC(CS(=O)[O-])OS(=O)[O-]. The molecule has 0 aliphatic rings. The van der Waals surface area contributed by atoms with Gasteiger partial charge in [-0.2, -0.15) is 8.42 Å². The van der Waals surface area contributed by atoms with Gasteiger partial charge in [0.1, 0.15) is 0 Å². The van der Waals surface area contributed by atoms with Gasteiger partial charge >= 0.3 is 10.4 Å². The van der Waals surface area contributed by atoms with E-state index in [9.17, 15) is 34.7 Å². The van der Waals surface area contributed by atoms with Gasteiger partial charge < -0.3 is 18.8 Å². The average Bonchev–Trinajstić information content (AvgIpc) is 2.09. The molecule has 0 aromatic rings. The molecule has 0 spiro atoms. The second kappa shape index (κ2) is 9.20. The fourth-order valence-corrected chi connectivity index (χ4v) is 2.71. The number of rotatable bonds is 10. The van der Waals surface area contributed by atoms with E-state index in [0.29, 0.717) is 0 Å². The Labute approximate surface area is 120 Å². The van der Waals surface area contributed by atoms with Gasteiger partial charge in [0.25, 0.3) is 0 Å². The van der Waals surface area contributed by atoms with Crippen molar-refractivity contribution in [3.8, 4) is 0 Å². The van der Waals surface area contributed by atoms with Gasteiger partial charge in [-0.25, -0.2) is 12.6 Å². The minimum absolute atomic E-state index is 1.12. The molecule has 0 aromatic carbocycles. The molecule has 12 nitrogen and oxygen atoms in total. The van der Waals surface area contributed by atoms with Gasteiger partial charge in [-0.3, -0.25) is 12.6 Å². The van der Waals surface area contributed by atoms with Crippen LogP contribution in [0, 0.1) is 0 Å². The summed E-state index contributed by atoms with van der Waals surface area (Å²) in [7, 11) is -5.11. The molecule has 0 fully saturated rings. The molecule has 5 unspecified atom stereocenters. The minimum Gasteiger partial charge on any atom is -0.772 e. The first-order chi connectivity index (χ1) is 9.01. The lowest BCUT2D eigenvalue weighted by Crippen LogP contribution is -2.32. The quantitative estimate of drug-likeness (QED) is 0.291. The Morgan fingerprint density at radius 1 is 1.00 bits per heavy atom. The summed E-state index contributed by atoms with van der Waals surface area (Å²) >= 11 is -9.06. The number of aliphatic hydroxyl groups is 1. The van der Waals surface area contributed by atoms with Crippen LogP contribution in [0.4, 0.5) is 0 Å². The lowest BCUT2D eigenvalue weighted by atomic mass is 10.8. The molecule has 0 radical (unpaired) electrons. The highest BCUT2D eigenvalue weighted by Crippen LogP contribution is 2.08. The Morgan fingerprint density at radius 2 is 1.50 bits per heavy atom. The number of hydrogen-bond donors (Lipinski definition) is 1. The first kappa shape index (κ1) is 20.1. The third-order valence-electron chi connectivity index (χ3n) is 1.19. The van der Waals surface area contributed by atoms with E-state index in [1.165, 1.54) is 0 Å². The second-order valence-corrected chi connectivity index (χ2v) is 6.41. The Balaban J connectivity index is 4.69. The Hall–Kier alpha value is 0.120. The third-order valence-corrected chi connectivity index (χ3v) is 3.57. The maximum Gasteiger partial charge on any atom is 0.405 e. The van der Waals surface area contributed by atoms with Crippen molar-refractivity contribution in [2.24, 2.45) is 0 Å². The van der Waals surface area contributed by atoms with Crippen LogP contribution in [-0.2, 0) is 56.5 Å². The van der Waals surface area contributed by atoms with E-state index in [1.54, 1.807) is 0 Å². The van der Waals surface area contributed by atoms with E-state index >= 15 is 0 Å². The van der Waals surface area contributed by atoms with Gasteiger partial charge in [-0.15, -0.1) is 0 Å². The smallest absolute Gasteiger partial charge is 0.405 e. The molecule has 0 saturated carbocycles. The summed E-state index contributed by atoms with van der Waals surface area (Å²) in [5.41, 5.74) is 0. The van der Waals surface area contributed by atoms with Crippen LogP contribution in [0.5, 0.6) is 0 Å². The zero-order valence-corrected chi connectivity index (χ0v) is 12.4. The van der Waals surface area contributed by atoms with E-state index < -0.39 is 68.0 Å². The molecule has 16 heteroatoms. The molecule has 0 bridgehead atoms. The molecular weight excluding hydrogens is 368 g/mol. The Kier molecular flexibility index (Phi) is 9.26. The molecule has 20 heavy (non-hydrogen) atoms. The van der Waals surface area contributed by atoms with Gasteiger partial charge in [-0.1, -0.05) is 22.2 Å². The van der Waals surface area contributed by atoms with E-state index in [4.69, 9.17) is 5.11 Å². The summed E-state index contributed by atoms with van der Waals surface area (Å²) in [6.45, 7) is 0. The first-order valence-corrected chi connectivity index (χ1v) is 9.01. The van der Waals surface area contributed by atoms with Gasteiger partial charge in [-0.05, 0) is 0 Å². The van der Waals surface area contributed by atoms with Crippen LogP contribution in [0.1, 0.15) is 0 Å². The molecular formula is C4H7O12S4-3. The maximum atomic E-state index is 11.1. The van der Waals surface area contributed by atoms with Crippen LogP contribution < -0.4 is 0 Å². The lowest BCUT2D eigenvalue weighted by molar-refractivity contribution is -0.0312. The standard InChI is InChI=1S/C4H10O12S4/c5-3(1-17(6)7)15-20(12,13)16-4(2-18(8)9)14-19(10)11/h3-5H,1-2H2,(H,6,7)(H,8,9)(H,10,11)/p-3. The van der Waals surface area contributed by atoms with Crippen molar-refractivity contribution in [2.75, 3.05) is 11.5 Å². The molecule has 0 saturated heterocycles. The summed E-state index contributed by atoms with van der Waals surface area (Å²) in [5, 5.41) is 8.87. The molecule has 1 N–H and O–H groups in total. The summed E-state index contributed by atoms with van der Waals surface area (Å²) in [6.07, 6.45) is -4.61. The zero-order valence-electron chi connectivity index (χ0n) is 9.14. The van der Waals surface area contributed by atoms with Crippen LogP contribution in [0.25, 0.3) is 0 Å². The predicted molar refractivity (Wildman–Crippen MR) is 58.5 cm³/mol. The molecule has 0 rings (SSSR count). The van der Waals surface area contributed by atoms with Crippen molar-refractivity contribution >= 4 is 43.9 Å². The molecule has 0 aromatic heterocycles. The molecule has 122 valence electrons. The largest absolute Gasteiger partial charge is 0.772 e. The highest BCUT2D eigenvalue weighted by molar-refractivity contribution is 7.82. The molecule has 0 amide bonds. The Morgan fingerprint density at radius 3 is 1.90 bits per heavy atom. The van der Waals surface area contributed by atoms with E-state index in [0.717, 1.165) is 0 Å². The van der Waals surface area contributed by atoms with Crippen LogP contribution in [0.2, 0.25) is 0 Å². The fraction of sp³-hybridized carbons (Fsp3) is 1.00. The van der Waals surface area contributed by atoms with Crippen molar-refractivity contribution in [1.29, 1.82) is 0 Å². The topological polar surface area (TPSA) is 202 Å². The molecule has 0 aliphatic carbocycles. The summed E-state index contributed by atoms with van der Waals surface area (Å²) in [5.74, 6) is -2.30. The predicted octanol–water partition coefficient (Wildman–Crippen LogP) is -3.52. The first-order valence-electron chi connectivity index (χ1n) is 4.19. The van der Waals surface area contributed by atoms with Crippen molar-refractivity contribution in [3.05, 3.63) is 0 Å². The minimum atomic E-state index is -5.11. The number of aliphatic hydroxyl groups excluding tert-OH is 1. The van der Waals surface area contributed by atoms with Gasteiger partial charge in [0.15, 0.2) is 6.29 Å². The van der Waals surface area contributed by atoms with E-state index in [1.807, 2.05) is 0 Å². The average molecular weight is 375 g/mol. The van der Waals surface area contributed by atoms with Crippen LogP contribution in [0.15, 0.2) is 0 Å². The maximum absolute atomic E-state index is 11.1. The zero-order chi connectivity index (χ0) is 15.9. The third kappa shape index (κ3) is 10.9. The van der Waals surface area contributed by atoms with Gasteiger partial charge in [0, 0.05) is 0 Å². The van der Waals surface area contributed by atoms with Crippen molar-refractivity contribution in [2.45, 2.75) is 12.6 Å². The van der Waals surface area contributed by atoms with Gasteiger partial charge in [0.05, 0.1) is 22.9 Å². The van der Waals surface area contributed by atoms with E-state index in [-0.39, 0.29) is 0 Å². The normalized spacial score (nSPS) is 20.0. The molecule has 5 atom stereocenters. The van der Waals surface area contributed by atoms with Crippen LogP contribution in [0.3, 0.4) is 0 Å². The van der Waals surface area contributed by atoms with E-state index in [2.05, 4.69) is 12.5 Å². The highest BCUT2D eigenvalue weighted by atomic mass is 32.3. The van der Waals surface area contributed by atoms with Crippen LogP contribution >= 0.6 is 0 Å². The monoisotopic (exact) mass is 375 g/mol. The summed E-state index contributed by atoms with van der Waals surface area (Å²) in [6, 6.07) is 0. The van der Waals surface area contributed by atoms with Crippen molar-refractivity contribution in [3.63, 3.8) is 0 Å². The van der Waals surface area contributed by atoms with Gasteiger partial charge in [0.2, 0.25) is 6.29 Å². The van der Waals surface area contributed by atoms with Crippen molar-refractivity contribution in [1.82, 2.24) is 0 Å². The summed E-state index contributed by atoms with van der Waals surface area (Å²) < 4.78 is 95.0. The van der Waals surface area contributed by atoms with Crippen LogP contribution in [-0.4, -0.2) is 63.9 Å². The Bertz CT molecular complexity index is 454. The second-order valence-electron chi connectivity index (χ2n) is 2.73. The lowest BCUT2D eigenvalue weighted by Gasteiger charge is -2.20.